The van der Waals surface area contributed by atoms with Crippen LogP contribution in [-0.2, 0) is 17.9 Å². The SMILES string of the molecule is CCOc1ccccc1CNC(=NC)N1CCC(COCc2ccccc2)C1. The fourth-order valence-electron chi connectivity index (χ4n) is 3.53. The molecule has 2 aromatic carbocycles. The maximum atomic E-state index is 5.93. The fourth-order valence-corrected chi connectivity index (χ4v) is 3.53. The van der Waals surface area contributed by atoms with Crippen LogP contribution < -0.4 is 10.1 Å². The standard InChI is InChI=1S/C23H31N3O2/c1-3-28-22-12-8-7-11-21(22)15-25-23(24-2)26-14-13-20(16-26)18-27-17-19-9-5-4-6-10-19/h4-12,20H,3,13-18H2,1-2H3,(H,24,25). The van der Waals surface area contributed by atoms with Crippen molar-refractivity contribution in [2.75, 3.05) is 33.4 Å². The molecular weight excluding hydrogens is 350 g/mol. The monoisotopic (exact) mass is 381 g/mol. The highest BCUT2D eigenvalue weighted by Gasteiger charge is 2.25. The summed E-state index contributed by atoms with van der Waals surface area (Å²) in [5, 5.41) is 3.48. The topological polar surface area (TPSA) is 46.1 Å². The molecule has 1 saturated heterocycles. The van der Waals surface area contributed by atoms with Crippen LogP contribution in [0.25, 0.3) is 0 Å². The van der Waals surface area contributed by atoms with E-state index in [1.165, 1.54) is 5.56 Å². The highest BCUT2D eigenvalue weighted by molar-refractivity contribution is 5.80. The third-order valence-electron chi connectivity index (χ3n) is 4.97. The second kappa shape index (κ2) is 10.7. The van der Waals surface area contributed by atoms with Gasteiger partial charge in [0.15, 0.2) is 5.96 Å². The Bertz CT molecular complexity index is 749. The van der Waals surface area contributed by atoms with Crippen LogP contribution in [0.15, 0.2) is 59.6 Å². The van der Waals surface area contributed by atoms with Crippen molar-refractivity contribution < 1.29 is 9.47 Å². The molecule has 5 nitrogen and oxygen atoms in total. The highest BCUT2D eigenvalue weighted by Crippen LogP contribution is 2.19. The number of likely N-dealkylation sites (tertiary alicyclic amines) is 1. The Hall–Kier alpha value is -2.53. The quantitative estimate of drug-likeness (QED) is 0.559. The molecule has 0 spiro atoms. The van der Waals surface area contributed by atoms with Crippen molar-refractivity contribution in [3.63, 3.8) is 0 Å². The molecule has 0 aromatic heterocycles. The van der Waals surface area contributed by atoms with E-state index in [9.17, 15) is 0 Å². The molecule has 1 fully saturated rings. The number of benzene rings is 2. The third-order valence-corrected chi connectivity index (χ3v) is 4.97. The van der Waals surface area contributed by atoms with Gasteiger partial charge < -0.3 is 19.7 Å². The molecule has 0 radical (unpaired) electrons. The maximum absolute atomic E-state index is 5.93. The highest BCUT2D eigenvalue weighted by atomic mass is 16.5. The van der Waals surface area contributed by atoms with Crippen LogP contribution in [0.4, 0.5) is 0 Å². The predicted octanol–water partition coefficient (Wildman–Crippen LogP) is 3.70. The summed E-state index contributed by atoms with van der Waals surface area (Å²) in [6.45, 7) is 6.83. The van der Waals surface area contributed by atoms with Crippen molar-refractivity contribution >= 4 is 5.96 Å². The van der Waals surface area contributed by atoms with Gasteiger partial charge in [0.05, 0.1) is 19.8 Å². The number of nitrogens with one attached hydrogen (secondary N) is 1. The van der Waals surface area contributed by atoms with Crippen molar-refractivity contribution in [1.29, 1.82) is 0 Å². The van der Waals surface area contributed by atoms with Gasteiger partial charge in [0.25, 0.3) is 0 Å². The predicted molar refractivity (Wildman–Crippen MR) is 114 cm³/mol. The normalized spacial score (nSPS) is 17.0. The number of hydrogen-bond acceptors (Lipinski definition) is 3. The lowest BCUT2D eigenvalue weighted by atomic mass is 10.1. The zero-order valence-corrected chi connectivity index (χ0v) is 16.9. The Balaban J connectivity index is 1.45. The molecule has 0 aliphatic carbocycles. The second-order valence-electron chi connectivity index (χ2n) is 7.04. The van der Waals surface area contributed by atoms with Crippen LogP contribution in [0.3, 0.4) is 0 Å². The van der Waals surface area contributed by atoms with Crippen LogP contribution >= 0.6 is 0 Å². The first-order chi connectivity index (χ1) is 13.8. The third kappa shape index (κ3) is 5.73. The molecule has 0 bridgehead atoms. The summed E-state index contributed by atoms with van der Waals surface area (Å²) in [5.41, 5.74) is 2.37. The van der Waals surface area contributed by atoms with Gasteiger partial charge in [0.1, 0.15) is 5.75 Å². The molecule has 1 N–H and O–H groups in total. The number of para-hydroxylation sites is 1. The van der Waals surface area contributed by atoms with Crippen LogP contribution in [0.1, 0.15) is 24.5 Å². The molecule has 1 aliphatic rings. The zero-order valence-electron chi connectivity index (χ0n) is 16.9. The average molecular weight is 382 g/mol. The van der Waals surface area contributed by atoms with E-state index in [2.05, 4.69) is 45.5 Å². The van der Waals surface area contributed by atoms with Crippen molar-refractivity contribution in [3.05, 3.63) is 65.7 Å². The molecule has 0 amide bonds. The summed E-state index contributed by atoms with van der Waals surface area (Å²) in [5.74, 6) is 2.41. The first-order valence-electron chi connectivity index (χ1n) is 10.1. The molecule has 3 rings (SSSR count). The van der Waals surface area contributed by atoms with Crippen molar-refractivity contribution in [1.82, 2.24) is 10.2 Å². The molecule has 28 heavy (non-hydrogen) atoms. The van der Waals surface area contributed by atoms with E-state index in [4.69, 9.17) is 9.47 Å². The van der Waals surface area contributed by atoms with E-state index in [-0.39, 0.29) is 0 Å². The van der Waals surface area contributed by atoms with E-state index < -0.39 is 0 Å². The van der Waals surface area contributed by atoms with E-state index in [0.717, 1.165) is 43.4 Å². The summed E-state index contributed by atoms with van der Waals surface area (Å²) < 4.78 is 11.7. The first kappa shape index (κ1) is 20.2. The molecule has 150 valence electrons. The Morgan fingerprint density at radius 3 is 2.71 bits per heavy atom. The van der Waals surface area contributed by atoms with Gasteiger partial charge in [-0.1, -0.05) is 48.5 Å². The van der Waals surface area contributed by atoms with E-state index >= 15 is 0 Å². The molecular formula is C23H31N3O2. The zero-order chi connectivity index (χ0) is 19.6. The summed E-state index contributed by atoms with van der Waals surface area (Å²) in [6.07, 6.45) is 1.13. The Morgan fingerprint density at radius 1 is 1.14 bits per heavy atom. The van der Waals surface area contributed by atoms with Gasteiger partial charge in [0.2, 0.25) is 0 Å². The summed E-state index contributed by atoms with van der Waals surface area (Å²) in [7, 11) is 1.84. The first-order valence-corrected chi connectivity index (χ1v) is 10.1. The summed E-state index contributed by atoms with van der Waals surface area (Å²) in [6, 6.07) is 18.5. The molecule has 2 aromatic rings. The molecule has 5 heteroatoms. The summed E-state index contributed by atoms with van der Waals surface area (Å²) in [4.78, 5) is 6.79. The van der Waals surface area contributed by atoms with Crippen LogP contribution in [-0.4, -0.2) is 44.2 Å². The van der Waals surface area contributed by atoms with Gasteiger partial charge in [-0.25, -0.2) is 0 Å². The Morgan fingerprint density at radius 2 is 1.93 bits per heavy atom. The van der Waals surface area contributed by atoms with Crippen molar-refractivity contribution in [2.24, 2.45) is 10.9 Å². The summed E-state index contributed by atoms with van der Waals surface area (Å²) >= 11 is 0. The average Bonchev–Trinajstić information content (AvgIpc) is 3.19. The van der Waals surface area contributed by atoms with Crippen LogP contribution in [0, 0.1) is 5.92 Å². The minimum atomic E-state index is 0.540. The van der Waals surface area contributed by atoms with E-state index in [1.807, 2.05) is 38.2 Å². The van der Waals surface area contributed by atoms with Gasteiger partial charge in [-0.15, -0.1) is 0 Å². The number of guanidine groups is 1. The lowest BCUT2D eigenvalue weighted by molar-refractivity contribution is 0.0906. The number of rotatable bonds is 8. The van der Waals surface area contributed by atoms with Crippen LogP contribution in [0.5, 0.6) is 5.75 Å². The van der Waals surface area contributed by atoms with Gasteiger partial charge in [-0.3, -0.25) is 4.99 Å². The number of ether oxygens (including phenoxy) is 2. The lowest BCUT2D eigenvalue weighted by Gasteiger charge is -2.22. The van der Waals surface area contributed by atoms with Gasteiger partial charge in [-0.2, -0.15) is 0 Å². The minimum absolute atomic E-state index is 0.540. The second-order valence-corrected chi connectivity index (χ2v) is 7.04. The number of aliphatic imine (C=N–C) groups is 1. The van der Waals surface area contributed by atoms with E-state index in [1.54, 1.807) is 0 Å². The molecule has 1 aliphatic heterocycles. The maximum Gasteiger partial charge on any atom is 0.193 e. The van der Waals surface area contributed by atoms with Gasteiger partial charge >= 0.3 is 0 Å². The number of hydrogen-bond donors (Lipinski definition) is 1. The molecule has 1 atom stereocenters. The Kier molecular flexibility index (Phi) is 7.73. The van der Waals surface area contributed by atoms with Crippen molar-refractivity contribution in [3.8, 4) is 5.75 Å². The lowest BCUT2D eigenvalue weighted by Crippen LogP contribution is -2.39. The molecule has 1 unspecified atom stereocenters. The Labute approximate surface area is 168 Å². The van der Waals surface area contributed by atoms with Gasteiger partial charge in [0, 0.05) is 38.2 Å². The fraction of sp³-hybridized carbons (Fsp3) is 0.435. The molecule has 0 saturated carbocycles. The minimum Gasteiger partial charge on any atom is -0.494 e. The van der Waals surface area contributed by atoms with Crippen LogP contribution in [0.2, 0.25) is 0 Å². The largest absolute Gasteiger partial charge is 0.494 e. The molecule has 1 heterocycles. The smallest absolute Gasteiger partial charge is 0.193 e. The van der Waals surface area contributed by atoms with Crippen molar-refractivity contribution in [2.45, 2.75) is 26.5 Å². The van der Waals surface area contributed by atoms with Gasteiger partial charge in [-0.05, 0) is 25.0 Å². The number of nitrogens with zero attached hydrogens (tertiary/aromatic N) is 2. The van der Waals surface area contributed by atoms with E-state index in [0.29, 0.717) is 25.7 Å².